The van der Waals surface area contributed by atoms with Gasteiger partial charge in [-0.2, -0.15) is 5.10 Å². The van der Waals surface area contributed by atoms with E-state index in [9.17, 15) is 4.79 Å². The molecule has 3 aromatic rings. The third kappa shape index (κ3) is 2.36. The molecule has 0 spiro atoms. The van der Waals surface area contributed by atoms with Crippen LogP contribution in [0, 0.1) is 0 Å². The van der Waals surface area contributed by atoms with Gasteiger partial charge in [-0.1, -0.05) is 25.4 Å². The van der Waals surface area contributed by atoms with Gasteiger partial charge in [0, 0.05) is 5.92 Å². The molecule has 8 heteroatoms. The predicted octanol–water partition coefficient (Wildman–Crippen LogP) is 1.80. The fourth-order valence-corrected chi connectivity index (χ4v) is 3.52. The molecule has 2 N–H and O–H groups in total. The first-order valence-corrected chi connectivity index (χ1v) is 7.65. The van der Waals surface area contributed by atoms with Gasteiger partial charge in [0.25, 0.3) is 5.56 Å². The first-order valence-electron chi connectivity index (χ1n) is 6.46. The number of halogens is 1. The van der Waals surface area contributed by atoms with E-state index < -0.39 is 6.29 Å². The van der Waals surface area contributed by atoms with E-state index in [0.29, 0.717) is 15.7 Å². The van der Waals surface area contributed by atoms with Crippen LogP contribution in [0.2, 0.25) is 4.34 Å². The molecule has 3 aromatic heterocycles. The first-order chi connectivity index (χ1) is 9.88. The Morgan fingerprint density at radius 3 is 2.67 bits per heavy atom. The van der Waals surface area contributed by atoms with Crippen LogP contribution in [0.5, 0.6) is 0 Å². The van der Waals surface area contributed by atoms with Gasteiger partial charge in [0.05, 0.1) is 21.1 Å². The molecule has 0 bridgehead atoms. The normalized spacial score (nSPS) is 12.3. The summed E-state index contributed by atoms with van der Waals surface area (Å²) in [5.41, 5.74) is 0.962. The predicted molar refractivity (Wildman–Crippen MR) is 82.2 cm³/mol. The monoisotopic (exact) mass is 327 g/mol. The van der Waals surface area contributed by atoms with Crippen molar-refractivity contribution in [3.8, 4) is 0 Å². The van der Waals surface area contributed by atoms with Crippen LogP contribution in [0.1, 0.15) is 25.6 Å². The zero-order chi connectivity index (χ0) is 15.3. The number of hydrogen-bond acceptors (Lipinski definition) is 5. The Morgan fingerprint density at radius 2 is 2.05 bits per heavy atom. The summed E-state index contributed by atoms with van der Waals surface area (Å²) in [6.07, 6.45) is -1.62. The minimum absolute atomic E-state index is 0.0597. The summed E-state index contributed by atoms with van der Waals surface area (Å²) in [7, 11) is 0. The summed E-state index contributed by atoms with van der Waals surface area (Å²) in [5, 5.41) is 22.5. The lowest BCUT2D eigenvalue weighted by Crippen LogP contribution is -2.31. The van der Waals surface area contributed by atoms with E-state index in [4.69, 9.17) is 21.8 Å². The maximum Gasteiger partial charge on any atom is 0.291 e. The topological polar surface area (TPSA) is 79.8 Å². The largest absolute Gasteiger partial charge is 0.367 e. The molecule has 0 atom stereocenters. The minimum atomic E-state index is -1.62. The van der Waals surface area contributed by atoms with Gasteiger partial charge in [-0.15, -0.1) is 11.3 Å². The number of fused-ring (bicyclic) bond motifs is 3. The van der Waals surface area contributed by atoms with Crippen LogP contribution in [-0.4, -0.2) is 30.7 Å². The van der Waals surface area contributed by atoms with Crippen LogP contribution in [-0.2, 0) is 6.54 Å². The summed E-state index contributed by atoms with van der Waals surface area (Å²) >= 11 is 7.43. The Morgan fingerprint density at radius 1 is 1.33 bits per heavy atom. The third-order valence-electron chi connectivity index (χ3n) is 3.22. The van der Waals surface area contributed by atoms with Crippen molar-refractivity contribution in [2.75, 3.05) is 0 Å². The number of aromatic nitrogens is 3. The zero-order valence-electron chi connectivity index (χ0n) is 11.4. The number of aliphatic hydroxyl groups is 2. The van der Waals surface area contributed by atoms with Gasteiger partial charge in [-0.05, 0) is 12.1 Å². The summed E-state index contributed by atoms with van der Waals surface area (Å²) in [5.74, 6) is 0.735. The van der Waals surface area contributed by atoms with Crippen LogP contribution in [0.3, 0.4) is 0 Å². The van der Waals surface area contributed by atoms with Gasteiger partial charge in [0.2, 0.25) is 0 Å². The zero-order valence-corrected chi connectivity index (χ0v) is 13.0. The molecule has 0 saturated carbocycles. The van der Waals surface area contributed by atoms with Crippen molar-refractivity contribution in [1.29, 1.82) is 0 Å². The fraction of sp³-hybridized carbons (Fsp3) is 0.385. The Kier molecular flexibility index (Phi) is 3.53. The molecule has 0 radical (unpaired) electrons. The Balaban J connectivity index is 2.41. The van der Waals surface area contributed by atoms with E-state index >= 15 is 0 Å². The fourth-order valence-electron chi connectivity index (χ4n) is 2.36. The summed E-state index contributed by atoms with van der Waals surface area (Å²) in [6.45, 7) is 3.67. The molecule has 3 heterocycles. The van der Waals surface area contributed by atoms with Crippen molar-refractivity contribution in [1.82, 2.24) is 14.2 Å². The third-order valence-corrected chi connectivity index (χ3v) is 4.42. The smallest absolute Gasteiger partial charge is 0.291 e. The van der Waals surface area contributed by atoms with Gasteiger partial charge in [0.15, 0.2) is 6.29 Å². The molecule has 112 valence electrons. The molecule has 6 nitrogen and oxygen atoms in total. The second-order valence-corrected chi connectivity index (χ2v) is 6.86. The van der Waals surface area contributed by atoms with Crippen molar-refractivity contribution in [3.63, 3.8) is 0 Å². The Hall–Kier alpha value is -1.41. The maximum absolute atomic E-state index is 12.4. The molecule has 0 aliphatic rings. The van der Waals surface area contributed by atoms with E-state index in [-0.39, 0.29) is 18.0 Å². The highest BCUT2D eigenvalue weighted by atomic mass is 35.5. The summed E-state index contributed by atoms with van der Waals surface area (Å²) < 4.78 is 4.45. The van der Waals surface area contributed by atoms with Crippen molar-refractivity contribution in [2.24, 2.45) is 0 Å². The molecular weight excluding hydrogens is 314 g/mol. The second kappa shape index (κ2) is 5.10. The van der Waals surface area contributed by atoms with Crippen LogP contribution < -0.4 is 5.56 Å². The second-order valence-electron chi connectivity index (χ2n) is 5.15. The highest BCUT2D eigenvalue weighted by molar-refractivity contribution is 7.22. The quantitative estimate of drug-likeness (QED) is 0.719. The van der Waals surface area contributed by atoms with Crippen LogP contribution in [0.4, 0.5) is 0 Å². The number of rotatable bonds is 3. The summed E-state index contributed by atoms with van der Waals surface area (Å²) in [6, 6.07) is 3.58. The standard InChI is InChI=1S/C13H14ClN3O3S/c1-6(2)12-15-16(5-11(18)19)13(20)8-3-9-7(17(8)12)4-10(14)21-9/h3-4,6,11,18-19H,5H2,1-2H3. The van der Waals surface area contributed by atoms with Gasteiger partial charge in [0.1, 0.15) is 11.3 Å². The molecule has 0 saturated heterocycles. The highest BCUT2D eigenvalue weighted by Crippen LogP contribution is 2.32. The van der Waals surface area contributed by atoms with E-state index in [2.05, 4.69) is 5.10 Å². The van der Waals surface area contributed by atoms with Crippen LogP contribution in [0.15, 0.2) is 16.9 Å². The van der Waals surface area contributed by atoms with Gasteiger partial charge in [-0.3, -0.25) is 9.20 Å². The molecule has 0 unspecified atom stereocenters. The number of aliphatic hydroxyl groups excluding tert-OH is 1. The van der Waals surface area contributed by atoms with E-state index in [1.807, 2.05) is 19.9 Å². The van der Waals surface area contributed by atoms with Crippen molar-refractivity contribution in [3.05, 3.63) is 32.6 Å². The lowest BCUT2D eigenvalue weighted by atomic mass is 10.2. The van der Waals surface area contributed by atoms with Crippen molar-refractivity contribution < 1.29 is 10.2 Å². The molecule has 0 aromatic carbocycles. The molecule has 0 aliphatic carbocycles. The number of thiophene rings is 1. The van der Waals surface area contributed by atoms with Crippen molar-refractivity contribution in [2.45, 2.75) is 32.6 Å². The number of hydrogen-bond donors (Lipinski definition) is 2. The highest BCUT2D eigenvalue weighted by Gasteiger charge is 2.18. The molecule has 21 heavy (non-hydrogen) atoms. The van der Waals surface area contributed by atoms with Crippen LogP contribution >= 0.6 is 22.9 Å². The lowest BCUT2D eigenvalue weighted by molar-refractivity contribution is -0.0544. The summed E-state index contributed by atoms with van der Waals surface area (Å²) in [4.78, 5) is 12.4. The van der Waals surface area contributed by atoms with Gasteiger partial charge >= 0.3 is 0 Å². The average Bonchev–Trinajstić information content (AvgIpc) is 2.88. The van der Waals surface area contributed by atoms with E-state index in [1.54, 1.807) is 10.5 Å². The Labute approximate surface area is 128 Å². The Bertz CT molecular complexity index is 878. The number of nitrogens with zero attached hydrogens (tertiary/aromatic N) is 3. The molecule has 0 aliphatic heterocycles. The maximum atomic E-state index is 12.4. The molecular formula is C13H14ClN3O3S. The first kappa shape index (κ1) is 14.5. The van der Waals surface area contributed by atoms with Crippen molar-refractivity contribution >= 4 is 38.7 Å². The van der Waals surface area contributed by atoms with Crippen LogP contribution in [0.25, 0.3) is 15.7 Å². The van der Waals surface area contributed by atoms with Gasteiger partial charge in [-0.25, -0.2) is 4.68 Å². The SMILES string of the molecule is CC(C)c1nn(CC(O)O)c(=O)c2cc3sc(Cl)cc3n12. The van der Waals surface area contributed by atoms with Gasteiger partial charge < -0.3 is 10.2 Å². The molecule has 0 amide bonds. The van der Waals surface area contributed by atoms with E-state index in [1.165, 1.54) is 11.3 Å². The molecule has 0 fully saturated rings. The van der Waals surface area contributed by atoms with E-state index in [0.717, 1.165) is 14.9 Å². The average molecular weight is 328 g/mol. The minimum Gasteiger partial charge on any atom is -0.367 e. The molecule has 3 rings (SSSR count). The lowest BCUT2D eigenvalue weighted by Gasteiger charge is -2.13.